The molecule has 2 aromatic rings. The minimum Gasteiger partial charge on any atom is -0.491 e. The summed E-state index contributed by atoms with van der Waals surface area (Å²) in [7, 11) is 2.21. The van der Waals surface area contributed by atoms with E-state index >= 15 is 0 Å². The van der Waals surface area contributed by atoms with Gasteiger partial charge in [0.15, 0.2) is 0 Å². The number of urea groups is 1. The van der Waals surface area contributed by atoms with Gasteiger partial charge in [-0.2, -0.15) is 0 Å². The molecule has 4 aliphatic rings. The molecular weight excluding hydrogens is 590 g/mol. The zero-order chi connectivity index (χ0) is 32.9. The van der Waals surface area contributed by atoms with Crippen LogP contribution in [0.4, 0.5) is 10.5 Å². The van der Waals surface area contributed by atoms with E-state index in [1.807, 2.05) is 71.0 Å². The van der Waals surface area contributed by atoms with E-state index in [1.165, 1.54) is 25.9 Å². The maximum Gasteiger partial charge on any atom is 0.322 e. The number of fused-ring (bicyclic) bond motifs is 1. The number of anilines is 1. The van der Waals surface area contributed by atoms with Crippen molar-refractivity contribution in [3.8, 4) is 5.75 Å². The molecule has 3 saturated heterocycles. The monoisotopic (exact) mass is 643 g/mol. The zero-order valence-electron chi connectivity index (χ0n) is 28.5. The highest BCUT2D eigenvalue weighted by atomic mass is 16.5. The normalized spacial score (nSPS) is 21.0. The highest BCUT2D eigenvalue weighted by molar-refractivity contribution is 5.92. The highest BCUT2D eigenvalue weighted by Crippen LogP contribution is 2.34. The van der Waals surface area contributed by atoms with Gasteiger partial charge in [0, 0.05) is 50.9 Å². The van der Waals surface area contributed by atoms with Crippen molar-refractivity contribution in [3.05, 3.63) is 59.7 Å². The fourth-order valence-corrected chi connectivity index (χ4v) is 8.18. The van der Waals surface area contributed by atoms with E-state index in [2.05, 4.69) is 23.3 Å². The lowest BCUT2D eigenvalue weighted by atomic mass is 9.78. The highest BCUT2D eigenvalue weighted by Gasteiger charge is 2.36. The molecule has 0 bridgehead atoms. The number of para-hydroxylation sites is 1. The van der Waals surface area contributed by atoms with E-state index in [1.54, 1.807) is 0 Å². The van der Waals surface area contributed by atoms with Gasteiger partial charge in [-0.15, -0.1) is 0 Å². The molecule has 0 aromatic heterocycles. The largest absolute Gasteiger partial charge is 0.491 e. The Morgan fingerprint density at radius 2 is 1.51 bits per heavy atom. The second kappa shape index (κ2) is 15.1. The van der Waals surface area contributed by atoms with E-state index in [9.17, 15) is 14.4 Å². The van der Waals surface area contributed by atoms with Crippen LogP contribution < -0.4 is 10.1 Å². The third-order valence-electron chi connectivity index (χ3n) is 10.9. The summed E-state index contributed by atoms with van der Waals surface area (Å²) in [4.78, 5) is 49.2. The van der Waals surface area contributed by atoms with Crippen LogP contribution in [0.25, 0.3) is 0 Å². The van der Waals surface area contributed by atoms with Crippen molar-refractivity contribution in [2.75, 3.05) is 51.6 Å². The lowest BCUT2D eigenvalue weighted by molar-refractivity contribution is -0.143. The molecule has 4 heterocycles. The Kier molecular flexibility index (Phi) is 10.7. The Hall–Kier alpha value is -3.59. The zero-order valence-corrected chi connectivity index (χ0v) is 28.5. The van der Waals surface area contributed by atoms with Gasteiger partial charge in [0.2, 0.25) is 11.8 Å². The minimum absolute atomic E-state index is 0.0334. The van der Waals surface area contributed by atoms with Crippen LogP contribution in [0, 0.1) is 17.8 Å². The molecule has 47 heavy (non-hydrogen) atoms. The van der Waals surface area contributed by atoms with Crippen LogP contribution in [0.1, 0.15) is 69.9 Å². The minimum atomic E-state index is -0.418. The lowest BCUT2D eigenvalue weighted by Gasteiger charge is -2.41. The SMILES string of the molecule is CC(C)Oc1cccc(CC(CC(=O)N2CCC(N3Cc4ccccc4NC3=O)CC2)C(=O)N2CCC(C3CCN(C)CC3)CC2)c1. The predicted octanol–water partition coefficient (Wildman–Crippen LogP) is 5.64. The number of carbonyl (C=O) groups is 3. The van der Waals surface area contributed by atoms with Gasteiger partial charge in [-0.3, -0.25) is 9.59 Å². The summed E-state index contributed by atoms with van der Waals surface area (Å²) < 4.78 is 5.95. The molecule has 9 heteroatoms. The van der Waals surface area contributed by atoms with Crippen molar-refractivity contribution in [3.63, 3.8) is 0 Å². The summed E-state index contributed by atoms with van der Waals surface area (Å²) in [5.41, 5.74) is 3.01. The predicted molar refractivity (Wildman–Crippen MR) is 184 cm³/mol. The van der Waals surface area contributed by atoms with Crippen molar-refractivity contribution >= 4 is 23.5 Å². The Labute approximate surface area is 280 Å². The summed E-state index contributed by atoms with van der Waals surface area (Å²) in [6.45, 7) is 9.69. The lowest BCUT2D eigenvalue weighted by Crippen LogP contribution is -2.51. The number of hydrogen-bond donors (Lipinski definition) is 1. The number of ether oxygens (including phenoxy) is 1. The van der Waals surface area contributed by atoms with Crippen LogP contribution in [-0.2, 0) is 22.6 Å². The van der Waals surface area contributed by atoms with Crippen molar-refractivity contribution in [2.45, 2.75) is 83.9 Å². The fraction of sp³-hybridized carbons (Fsp3) is 0.605. The Morgan fingerprint density at radius 3 is 2.21 bits per heavy atom. The topological polar surface area (TPSA) is 85.4 Å². The molecule has 0 saturated carbocycles. The van der Waals surface area contributed by atoms with Gasteiger partial charge in [-0.25, -0.2) is 4.79 Å². The summed E-state index contributed by atoms with van der Waals surface area (Å²) in [5, 5.41) is 3.02. The number of hydrogen-bond acceptors (Lipinski definition) is 5. The van der Waals surface area contributed by atoms with Crippen LogP contribution >= 0.6 is 0 Å². The number of nitrogens with zero attached hydrogens (tertiary/aromatic N) is 4. The quantitative estimate of drug-likeness (QED) is 0.382. The number of amides is 4. The molecule has 9 nitrogen and oxygen atoms in total. The second-order valence-corrected chi connectivity index (χ2v) is 14.5. The molecule has 1 atom stereocenters. The summed E-state index contributed by atoms with van der Waals surface area (Å²) in [6, 6.07) is 15.9. The van der Waals surface area contributed by atoms with Crippen LogP contribution in [0.2, 0.25) is 0 Å². The molecule has 0 radical (unpaired) electrons. The molecule has 1 unspecified atom stereocenters. The molecular formula is C38H53N5O4. The maximum atomic E-state index is 14.2. The molecule has 4 amide bonds. The van der Waals surface area contributed by atoms with E-state index in [4.69, 9.17) is 4.74 Å². The van der Waals surface area contributed by atoms with Gasteiger partial charge in [-0.1, -0.05) is 30.3 Å². The van der Waals surface area contributed by atoms with Crippen LogP contribution in [0.3, 0.4) is 0 Å². The van der Waals surface area contributed by atoms with Gasteiger partial charge < -0.3 is 29.7 Å². The van der Waals surface area contributed by atoms with Gasteiger partial charge in [-0.05, 0) is 120 Å². The molecule has 3 fully saturated rings. The van der Waals surface area contributed by atoms with Gasteiger partial charge in [0.1, 0.15) is 5.75 Å². The Bertz CT molecular complexity index is 1390. The van der Waals surface area contributed by atoms with Gasteiger partial charge >= 0.3 is 6.03 Å². The number of nitrogens with one attached hydrogen (secondary N) is 1. The Morgan fingerprint density at radius 1 is 0.851 bits per heavy atom. The van der Waals surface area contributed by atoms with E-state index in [0.29, 0.717) is 32.0 Å². The molecule has 2 aromatic carbocycles. The van der Waals surface area contributed by atoms with Crippen molar-refractivity contribution in [1.82, 2.24) is 19.6 Å². The molecule has 254 valence electrons. The van der Waals surface area contributed by atoms with E-state index in [-0.39, 0.29) is 36.4 Å². The molecule has 0 spiro atoms. The molecule has 0 aliphatic carbocycles. The number of piperidine rings is 3. The molecule has 1 N–H and O–H groups in total. The van der Waals surface area contributed by atoms with Gasteiger partial charge in [0.05, 0.1) is 12.0 Å². The first kappa shape index (κ1) is 33.3. The number of benzene rings is 2. The smallest absolute Gasteiger partial charge is 0.322 e. The molecule has 4 aliphatic heterocycles. The summed E-state index contributed by atoms with van der Waals surface area (Å²) >= 11 is 0. The van der Waals surface area contributed by atoms with E-state index in [0.717, 1.165) is 67.3 Å². The third kappa shape index (κ3) is 8.29. The average molecular weight is 644 g/mol. The standard InChI is InChI=1S/C38H53N5O4/c1-27(2)47-34-9-6-7-28(24-34)23-32(37(45)42-19-13-30(14-20-42)29-11-17-40(3)18-12-29)25-36(44)41-21-15-33(16-22-41)43-26-31-8-4-5-10-35(31)39-38(43)46/h4-10,24,27,29-30,32-33H,11-23,25-26H2,1-3H3,(H,39,46). The number of likely N-dealkylation sites (tertiary alicyclic amines) is 3. The van der Waals surface area contributed by atoms with Crippen LogP contribution in [-0.4, -0.2) is 95.9 Å². The number of carbonyl (C=O) groups excluding carboxylic acids is 3. The second-order valence-electron chi connectivity index (χ2n) is 14.5. The van der Waals surface area contributed by atoms with Crippen molar-refractivity contribution in [1.29, 1.82) is 0 Å². The summed E-state index contributed by atoms with van der Waals surface area (Å²) in [6.07, 6.45) is 6.87. The molecule has 6 rings (SSSR count). The average Bonchev–Trinajstić information content (AvgIpc) is 3.08. The maximum absolute atomic E-state index is 14.2. The summed E-state index contributed by atoms with van der Waals surface area (Å²) in [5.74, 6) is 1.96. The third-order valence-corrected chi connectivity index (χ3v) is 10.9. The first-order valence-electron chi connectivity index (χ1n) is 17.9. The fourth-order valence-electron chi connectivity index (χ4n) is 8.18. The van der Waals surface area contributed by atoms with Gasteiger partial charge in [0.25, 0.3) is 0 Å². The first-order valence-corrected chi connectivity index (χ1v) is 17.9. The van der Waals surface area contributed by atoms with Crippen LogP contribution in [0.15, 0.2) is 48.5 Å². The van der Waals surface area contributed by atoms with Crippen molar-refractivity contribution < 1.29 is 19.1 Å². The first-order chi connectivity index (χ1) is 22.7. The van der Waals surface area contributed by atoms with E-state index < -0.39 is 5.92 Å². The Balaban J connectivity index is 1.08. The van der Waals surface area contributed by atoms with Crippen LogP contribution in [0.5, 0.6) is 5.75 Å². The number of rotatable bonds is 9. The van der Waals surface area contributed by atoms with Crippen molar-refractivity contribution in [2.24, 2.45) is 17.8 Å².